The predicted molar refractivity (Wildman–Crippen MR) is 36.7 cm³/mol. The summed E-state index contributed by atoms with van der Waals surface area (Å²) in [6, 6.07) is 0. The molecule has 8 heavy (non-hydrogen) atoms. The van der Waals surface area contributed by atoms with E-state index < -0.39 is 0 Å². The molecule has 0 bridgehead atoms. The number of rotatable bonds is 3. The quantitative estimate of drug-likeness (QED) is 0.367. The minimum Gasteiger partial charge on any atom is -0.310 e. The van der Waals surface area contributed by atoms with E-state index in [1.54, 1.807) is 4.90 Å². The van der Waals surface area contributed by atoms with Crippen LogP contribution in [-0.2, 0) is 0 Å². The van der Waals surface area contributed by atoms with Crippen LogP contribution in [0.25, 0.3) is 0 Å². The lowest BCUT2D eigenvalue weighted by molar-refractivity contribution is 0.441. The van der Waals surface area contributed by atoms with Crippen LogP contribution < -0.4 is 0 Å². The summed E-state index contributed by atoms with van der Waals surface area (Å²) < 4.78 is 0. The number of alkyl halides is 1. The van der Waals surface area contributed by atoms with Gasteiger partial charge >= 0.3 is 0 Å². The Balaban J connectivity index is 3.26. The Morgan fingerprint density at radius 1 is 1.75 bits per heavy atom. The molecule has 0 saturated carbocycles. The van der Waals surface area contributed by atoms with E-state index in [1.807, 2.05) is 6.92 Å². The minimum absolute atomic E-state index is 0.808. The summed E-state index contributed by atoms with van der Waals surface area (Å²) >= 11 is 3.24. The smallest absolute Gasteiger partial charge is 0.179 e. The van der Waals surface area contributed by atoms with E-state index in [-0.39, 0.29) is 0 Å². The van der Waals surface area contributed by atoms with Crippen molar-refractivity contribution in [3.63, 3.8) is 0 Å². The first-order valence-electron chi connectivity index (χ1n) is 2.55. The van der Waals surface area contributed by atoms with Crippen molar-refractivity contribution in [3.05, 3.63) is 0 Å². The third kappa shape index (κ3) is 2.86. The number of hydrogen-bond acceptors (Lipinski definition) is 2. The summed E-state index contributed by atoms with van der Waals surface area (Å²) in [5.41, 5.74) is 0. The monoisotopic (exact) mass is 176 g/mol. The minimum atomic E-state index is 0.808. The summed E-state index contributed by atoms with van der Waals surface area (Å²) in [7, 11) is 0. The highest BCUT2D eigenvalue weighted by molar-refractivity contribution is 9.09. The van der Waals surface area contributed by atoms with Crippen LogP contribution in [0.5, 0.6) is 0 Å². The molecule has 0 fully saturated rings. The van der Waals surface area contributed by atoms with Gasteiger partial charge in [0, 0.05) is 18.4 Å². The molecule has 0 aliphatic rings. The lowest BCUT2D eigenvalue weighted by Crippen LogP contribution is -2.18. The molecular formula is C5H9BrN2. The molecule has 0 rings (SSSR count). The molecular weight excluding hydrogens is 168 g/mol. The first-order chi connectivity index (χ1) is 3.85. The molecule has 0 aromatic carbocycles. The average Bonchev–Trinajstić information content (AvgIpc) is 1.83. The van der Waals surface area contributed by atoms with Crippen LogP contribution in [0.4, 0.5) is 0 Å². The van der Waals surface area contributed by atoms with E-state index in [2.05, 4.69) is 22.1 Å². The summed E-state index contributed by atoms with van der Waals surface area (Å²) in [5.74, 6) is 0. The van der Waals surface area contributed by atoms with Gasteiger partial charge in [0.25, 0.3) is 0 Å². The van der Waals surface area contributed by atoms with Gasteiger partial charge < -0.3 is 4.90 Å². The van der Waals surface area contributed by atoms with Gasteiger partial charge in [-0.15, -0.1) is 0 Å². The highest BCUT2D eigenvalue weighted by atomic mass is 79.9. The molecule has 0 heterocycles. The molecule has 0 aromatic heterocycles. The summed E-state index contributed by atoms with van der Waals surface area (Å²) in [5, 5.41) is 9.18. The molecule has 0 saturated heterocycles. The zero-order valence-corrected chi connectivity index (χ0v) is 6.48. The molecule has 0 radical (unpaired) electrons. The van der Waals surface area contributed by atoms with Gasteiger partial charge in [-0.25, -0.2) is 0 Å². The van der Waals surface area contributed by atoms with Gasteiger partial charge in [-0.3, -0.25) is 0 Å². The Labute approximate surface area is 58.2 Å². The van der Waals surface area contributed by atoms with Crippen molar-refractivity contribution in [1.82, 2.24) is 4.90 Å². The molecule has 0 aliphatic carbocycles. The van der Waals surface area contributed by atoms with E-state index >= 15 is 0 Å². The molecule has 0 N–H and O–H groups in total. The Hall–Kier alpha value is -0.230. The third-order valence-electron chi connectivity index (χ3n) is 0.878. The molecule has 3 heteroatoms. The number of nitriles is 1. The molecule has 0 aromatic rings. The van der Waals surface area contributed by atoms with Crippen molar-refractivity contribution in [1.29, 1.82) is 5.26 Å². The Bertz CT molecular complexity index is 86.9. The van der Waals surface area contributed by atoms with Crippen molar-refractivity contribution in [2.75, 3.05) is 18.4 Å². The van der Waals surface area contributed by atoms with E-state index in [0.717, 1.165) is 18.4 Å². The number of nitrogens with zero attached hydrogens (tertiary/aromatic N) is 2. The van der Waals surface area contributed by atoms with Gasteiger partial charge in [0.1, 0.15) is 0 Å². The molecule has 0 amide bonds. The van der Waals surface area contributed by atoms with E-state index in [9.17, 15) is 0 Å². The van der Waals surface area contributed by atoms with Gasteiger partial charge in [-0.2, -0.15) is 5.26 Å². The van der Waals surface area contributed by atoms with Crippen LogP contribution in [0.1, 0.15) is 6.92 Å². The van der Waals surface area contributed by atoms with E-state index in [4.69, 9.17) is 5.26 Å². The summed E-state index contributed by atoms with van der Waals surface area (Å²) in [6.45, 7) is 3.58. The second-order valence-electron chi connectivity index (χ2n) is 1.37. The van der Waals surface area contributed by atoms with Crippen LogP contribution in [0.2, 0.25) is 0 Å². The first-order valence-corrected chi connectivity index (χ1v) is 3.68. The highest BCUT2D eigenvalue weighted by Gasteiger charge is 1.92. The third-order valence-corrected chi connectivity index (χ3v) is 1.23. The first kappa shape index (κ1) is 7.77. The number of halogens is 1. The molecule has 0 atom stereocenters. The second-order valence-corrected chi connectivity index (χ2v) is 2.16. The standard InChI is InChI=1S/C5H9BrN2/c1-2-8(5-7)4-3-6/h2-4H2,1H3. The Morgan fingerprint density at radius 3 is 2.50 bits per heavy atom. The fourth-order valence-electron chi connectivity index (χ4n) is 0.381. The second kappa shape index (κ2) is 4.92. The maximum atomic E-state index is 8.31. The van der Waals surface area contributed by atoms with Crippen molar-refractivity contribution < 1.29 is 0 Å². The predicted octanol–water partition coefficient (Wildman–Crippen LogP) is 1.18. The van der Waals surface area contributed by atoms with Gasteiger partial charge in [-0.05, 0) is 6.92 Å². The zero-order chi connectivity index (χ0) is 6.41. The normalized spacial score (nSPS) is 8.12. The zero-order valence-electron chi connectivity index (χ0n) is 4.89. The van der Waals surface area contributed by atoms with Gasteiger partial charge in [0.15, 0.2) is 6.19 Å². The number of hydrogen-bond donors (Lipinski definition) is 0. The van der Waals surface area contributed by atoms with E-state index in [0.29, 0.717) is 0 Å². The van der Waals surface area contributed by atoms with Crippen LogP contribution in [-0.4, -0.2) is 23.3 Å². The topological polar surface area (TPSA) is 27.0 Å². The van der Waals surface area contributed by atoms with Crippen LogP contribution in [0, 0.1) is 11.5 Å². The van der Waals surface area contributed by atoms with Gasteiger partial charge in [0.2, 0.25) is 0 Å². The maximum absolute atomic E-state index is 8.31. The van der Waals surface area contributed by atoms with Gasteiger partial charge in [0.05, 0.1) is 0 Å². The summed E-state index contributed by atoms with van der Waals surface area (Å²) in [6.07, 6.45) is 2.06. The van der Waals surface area contributed by atoms with Crippen molar-refractivity contribution in [2.24, 2.45) is 0 Å². The lowest BCUT2D eigenvalue weighted by atomic mass is 10.6. The van der Waals surface area contributed by atoms with Gasteiger partial charge in [-0.1, -0.05) is 15.9 Å². The largest absolute Gasteiger partial charge is 0.310 e. The average molecular weight is 177 g/mol. The SMILES string of the molecule is CCN(C#N)CCBr. The molecule has 0 aliphatic heterocycles. The molecule has 46 valence electrons. The fourth-order valence-corrected chi connectivity index (χ4v) is 0.809. The van der Waals surface area contributed by atoms with Crippen LogP contribution in [0.3, 0.4) is 0 Å². The fraction of sp³-hybridized carbons (Fsp3) is 0.800. The molecule has 2 nitrogen and oxygen atoms in total. The molecule has 0 unspecified atom stereocenters. The van der Waals surface area contributed by atoms with Crippen LogP contribution >= 0.6 is 15.9 Å². The molecule has 0 spiro atoms. The van der Waals surface area contributed by atoms with Crippen molar-refractivity contribution in [3.8, 4) is 6.19 Å². The Kier molecular flexibility index (Phi) is 4.78. The van der Waals surface area contributed by atoms with Crippen molar-refractivity contribution in [2.45, 2.75) is 6.92 Å². The van der Waals surface area contributed by atoms with E-state index in [1.165, 1.54) is 0 Å². The highest BCUT2D eigenvalue weighted by Crippen LogP contribution is 1.86. The Morgan fingerprint density at radius 2 is 2.38 bits per heavy atom. The van der Waals surface area contributed by atoms with Crippen LogP contribution in [0.15, 0.2) is 0 Å². The van der Waals surface area contributed by atoms with Crippen molar-refractivity contribution >= 4 is 15.9 Å². The summed E-state index contributed by atoms with van der Waals surface area (Å²) in [4.78, 5) is 1.69. The lowest BCUT2D eigenvalue weighted by Gasteiger charge is -2.08. The maximum Gasteiger partial charge on any atom is 0.179 e.